The standard InChI is InChI=1S/C14H14N2O2/c1-16-8-5-10-12(16)4-3-11(13(10)18-2)14(6-7-14)15-9-17/h3-5,8H,6-7H2,1-2H3. The molecule has 1 aromatic heterocycles. The summed E-state index contributed by atoms with van der Waals surface area (Å²) in [4.78, 5) is 14.5. The molecule has 4 heteroatoms. The topological polar surface area (TPSA) is 43.6 Å². The number of rotatable bonds is 3. The fraction of sp³-hybridized carbons (Fsp3) is 0.357. The van der Waals surface area contributed by atoms with Crippen molar-refractivity contribution in [3.05, 3.63) is 30.0 Å². The number of ether oxygens (including phenoxy) is 1. The number of aliphatic imine (C=N–C) groups is 1. The lowest BCUT2D eigenvalue weighted by molar-refractivity contribution is 0.409. The molecule has 18 heavy (non-hydrogen) atoms. The van der Waals surface area contributed by atoms with E-state index in [0.717, 1.165) is 35.1 Å². The second-order valence-electron chi connectivity index (χ2n) is 4.74. The number of methoxy groups -OCH3 is 1. The molecule has 0 spiro atoms. The van der Waals surface area contributed by atoms with E-state index in [1.165, 1.54) is 0 Å². The summed E-state index contributed by atoms with van der Waals surface area (Å²) in [6, 6.07) is 6.08. The molecule has 0 unspecified atom stereocenters. The van der Waals surface area contributed by atoms with Gasteiger partial charge < -0.3 is 9.30 Å². The Balaban J connectivity index is 2.27. The van der Waals surface area contributed by atoms with Crippen molar-refractivity contribution < 1.29 is 9.53 Å². The lowest BCUT2D eigenvalue weighted by atomic mass is 10.0. The second kappa shape index (κ2) is 3.72. The van der Waals surface area contributed by atoms with Gasteiger partial charge in [0.05, 0.1) is 12.6 Å². The Morgan fingerprint density at radius 2 is 2.17 bits per heavy atom. The smallest absolute Gasteiger partial charge is 0.235 e. The molecule has 0 aliphatic heterocycles. The van der Waals surface area contributed by atoms with E-state index in [-0.39, 0.29) is 0 Å². The molecule has 0 saturated heterocycles. The number of benzene rings is 1. The van der Waals surface area contributed by atoms with Crippen molar-refractivity contribution >= 4 is 17.0 Å². The molecule has 4 nitrogen and oxygen atoms in total. The maximum absolute atomic E-state index is 10.6. The Morgan fingerprint density at radius 1 is 1.39 bits per heavy atom. The highest BCUT2D eigenvalue weighted by Crippen LogP contribution is 2.53. The van der Waals surface area contributed by atoms with Crippen LogP contribution in [0.5, 0.6) is 5.75 Å². The highest BCUT2D eigenvalue weighted by molar-refractivity contribution is 5.88. The van der Waals surface area contributed by atoms with Crippen molar-refractivity contribution in [2.75, 3.05) is 7.11 Å². The number of carbonyl (C=O) groups excluding carboxylic acids is 1. The number of hydrogen-bond acceptors (Lipinski definition) is 3. The van der Waals surface area contributed by atoms with E-state index < -0.39 is 5.54 Å². The molecular formula is C14H14N2O2. The summed E-state index contributed by atoms with van der Waals surface area (Å²) in [6.45, 7) is 0. The Kier molecular flexibility index (Phi) is 2.28. The van der Waals surface area contributed by atoms with E-state index in [1.54, 1.807) is 13.2 Å². The maximum Gasteiger partial charge on any atom is 0.235 e. The molecule has 1 aromatic carbocycles. The second-order valence-corrected chi connectivity index (χ2v) is 4.74. The quantitative estimate of drug-likeness (QED) is 0.613. The van der Waals surface area contributed by atoms with Gasteiger partial charge in [-0.25, -0.2) is 4.79 Å². The van der Waals surface area contributed by atoms with Crippen LogP contribution in [0.2, 0.25) is 0 Å². The number of hydrogen-bond donors (Lipinski definition) is 0. The van der Waals surface area contributed by atoms with Crippen molar-refractivity contribution in [2.45, 2.75) is 18.4 Å². The summed E-state index contributed by atoms with van der Waals surface area (Å²) in [5, 5.41) is 1.06. The van der Waals surface area contributed by atoms with Gasteiger partial charge in [-0.15, -0.1) is 0 Å². The van der Waals surface area contributed by atoms with Crippen LogP contribution in [-0.2, 0) is 17.4 Å². The molecule has 0 bridgehead atoms. The van der Waals surface area contributed by atoms with Gasteiger partial charge in [0.25, 0.3) is 0 Å². The molecule has 1 saturated carbocycles. The van der Waals surface area contributed by atoms with Crippen LogP contribution in [0.1, 0.15) is 18.4 Å². The Morgan fingerprint density at radius 3 is 2.78 bits per heavy atom. The average Bonchev–Trinajstić information content (AvgIpc) is 3.07. The highest BCUT2D eigenvalue weighted by Gasteiger charge is 2.47. The van der Waals surface area contributed by atoms with Gasteiger partial charge >= 0.3 is 0 Å². The van der Waals surface area contributed by atoms with Crippen LogP contribution in [0.15, 0.2) is 29.4 Å². The average molecular weight is 242 g/mol. The van der Waals surface area contributed by atoms with E-state index in [9.17, 15) is 4.79 Å². The molecule has 3 rings (SSSR count). The molecule has 0 atom stereocenters. The van der Waals surface area contributed by atoms with Crippen molar-refractivity contribution in [2.24, 2.45) is 12.0 Å². The Bertz CT molecular complexity index is 662. The predicted molar refractivity (Wildman–Crippen MR) is 68.5 cm³/mol. The van der Waals surface area contributed by atoms with Crippen molar-refractivity contribution in [3.63, 3.8) is 0 Å². The van der Waals surface area contributed by atoms with E-state index in [0.29, 0.717) is 0 Å². The fourth-order valence-electron chi connectivity index (χ4n) is 2.56. The summed E-state index contributed by atoms with van der Waals surface area (Å²) in [7, 11) is 3.66. The molecule has 2 aromatic rings. The largest absolute Gasteiger partial charge is 0.496 e. The molecule has 0 radical (unpaired) electrons. The van der Waals surface area contributed by atoms with Gasteiger partial charge in [-0.2, -0.15) is 4.99 Å². The number of aromatic nitrogens is 1. The third-order valence-electron chi connectivity index (χ3n) is 3.71. The maximum atomic E-state index is 10.6. The SMILES string of the molecule is COc1c(C2(N=C=O)CC2)ccc2c1ccn2C. The van der Waals surface area contributed by atoms with Gasteiger partial charge in [0, 0.05) is 24.2 Å². The summed E-state index contributed by atoms with van der Waals surface area (Å²) in [5.74, 6) is 0.824. The molecule has 0 N–H and O–H groups in total. The first-order chi connectivity index (χ1) is 8.72. The van der Waals surface area contributed by atoms with E-state index in [1.807, 2.05) is 36.0 Å². The molecule has 92 valence electrons. The van der Waals surface area contributed by atoms with Gasteiger partial charge in [-0.3, -0.25) is 0 Å². The summed E-state index contributed by atoms with van der Waals surface area (Å²) in [6.07, 6.45) is 5.46. The normalized spacial score (nSPS) is 16.3. The van der Waals surface area contributed by atoms with Gasteiger partial charge in [-0.1, -0.05) is 6.07 Å². The lowest BCUT2D eigenvalue weighted by Crippen LogP contribution is -2.05. The molecule has 1 fully saturated rings. The summed E-state index contributed by atoms with van der Waals surface area (Å²) >= 11 is 0. The molecule has 1 aliphatic carbocycles. The molecule has 0 amide bonds. The number of isocyanates is 1. The van der Waals surface area contributed by atoms with Crippen LogP contribution in [0.4, 0.5) is 0 Å². The zero-order valence-corrected chi connectivity index (χ0v) is 10.4. The van der Waals surface area contributed by atoms with Crippen molar-refractivity contribution in [1.82, 2.24) is 4.57 Å². The predicted octanol–water partition coefficient (Wildman–Crippen LogP) is 2.51. The zero-order valence-electron chi connectivity index (χ0n) is 10.4. The van der Waals surface area contributed by atoms with E-state index >= 15 is 0 Å². The van der Waals surface area contributed by atoms with Gasteiger partial charge in [0.1, 0.15) is 11.3 Å². The van der Waals surface area contributed by atoms with Gasteiger partial charge in [0.15, 0.2) is 0 Å². The minimum atomic E-state index is -0.392. The van der Waals surface area contributed by atoms with E-state index in [4.69, 9.17) is 4.74 Å². The molecular weight excluding hydrogens is 228 g/mol. The molecule has 1 heterocycles. The van der Waals surface area contributed by atoms with Gasteiger partial charge in [-0.05, 0) is 25.0 Å². The van der Waals surface area contributed by atoms with Gasteiger partial charge in [0.2, 0.25) is 6.08 Å². The number of fused-ring (bicyclic) bond motifs is 1. The highest BCUT2D eigenvalue weighted by atomic mass is 16.5. The number of nitrogens with zero attached hydrogens (tertiary/aromatic N) is 2. The lowest BCUT2D eigenvalue weighted by Gasteiger charge is -2.14. The number of aryl methyl sites for hydroxylation is 1. The van der Waals surface area contributed by atoms with Crippen molar-refractivity contribution in [3.8, 4) is 5.75 Å². The van der Waals surface area contributed by atoms with Crippen LogP contribution in [0.3, 0.4) is 0 Å². The Labute approximate surface area is 105 Å². The first-order valence-electron chi connectivity index (χ1n) is 5.93. The summed E-state index contributed by atoms with van der Waals surface area (Å²) in [5.41, 5.74) is 1.71. The van der Waals surface area contributed by atoms with E-state index in [2.05, 4.69) is 4.99 Å². The van der Waals surface area contributed by atoms with Crippen LogP contribution in [0, 0.1) is 0 Å². The van der Waals surface area contributed by atoms with Crippen molar-refractivity contribution in [1.29, 1.82) is 0 Å². The minimum Gasteiger partial charge on any atom is -0.496 e. The summed E-state index contributed by atoms with van der Waals surface area (Å²) < 4.78 is 7.59. The third kappa shape index (κ3) is 1.39. The minimum absolute atomic E-state index is 0.392. The zero-order chi connectivity index (χ0) is 12.8. The Hall–Kier alpha value is -2.06. The van der Waals surface area contributed by atoms with Crippen LogP contribution in [0.25, 0.3) is 10.9 Å². The first kappa shape index (κ1) is 11.1. The third-order valence-corrected chi connectivity index (χ3v) is 3.71. The fourth-order valence-corrected chi connectivity index (χ4v) is 2.56. The molecule has 1 aliphatic rings. The van der Waals surface area contributed by atoms with Crippen LogP contribution < -0.4 is 4.74 Å². The van der Waals surface area contributed by atoms with Crippen LogP contribution in [-0.4, -0.2) is 17.8 Å². The first-order valence-corrected chi connectivity index (χ1v) is 5.93. The monoisotopic (exact) mass is 242 g/mol. The van der Waals surface area contributed by atoms with Crippen LogP contribution >= 0.6 is 0 Å².